The van der Waals surface area contributed by atoms with E-state index in [0.717, 1.165) is 17.1 Å². The van der Waals surface area contributed by atoms with Crippen LogP contribution in [0.3, 0.4) is 0 Å². The Morgan fingerprint density at radius 1 is 0.893 bits per heavy atom. The van der Waals surface area contributed by atoms with E-state index in [-0.39, 0.29) is 18.3 Å². The lowest BCUT2D eigenvalue weighted by molar-refractivity contribution is -0.132. The number of carbonyl (C=O) groups is 2. The monoisotopic (exact) mass is 385 g/mol. The summed E-state index contributed by atoms with van der Waals surface area (Å²) in [5, 5.41) is 0. The Balaban J connectivity index is 1.69. The SMILES string of the molecule is COc1ccc(OCCN(C)C(=O)COc2ccc(CCC(C)=O)cc2)cc1. The molecule has 0 aliphatic carbocycles. The molecule has 0 aliphatic heterocycles. The number of likely N-dealkylation sites (N-methyl/N-ethyl adjacent to an activating group) is 1. The number of hydrogen-bond acceptors (Lipinski definition) is 5. The second kappa shape index (κ2) is 11.0. The van der Waals surface area contributed by atoms with Crippen LogP contribution in [0, 0.1) is 0 Å². The van der Waals surface area contributed by atoms with Crippen molar-refractivity contribution in [2.75, 3.05) is 33.9 Å². The first-order valence-electron chi connectivity index (χ1n) is 9.20. The largest absolute Gasteiger partial charge is 0.497 e. The predicted molar refractivity (Wildman–Crippen MR) is 107 cm³/mol. The van der Waals surface area contributed by atoms with Crippen LogP contribution in [-0.4, -0.2) is 50.5 Å². The molecule has 0 aliphatic rings. The van der Waals surface area contributed by atoms with Crippen molar-refractivity contribution in [1.29, 1.82) is 0 Å². The molecule has 2 aromatic rings. The van der Waals surface area contributed by atoms with E-state index in [1.165, 1.54) is 0 Å². The van der Waals surface area contributed by atoms with Gasteiger partial charge in [0, 0.05) is 13.5 Å². The third kappa shape index (κ3) is 7.31. The quantitative estimate of drug-likeness (QED) is 0.595. The van der Waals surface area contributed by atoms with E-state index < -0.39 is 0 Å². The summed E-state index contributed by atoms with van der Waals surface area (Å²) in [6.45, 7) is 2.39. The first-order valence-corrected chi connectivity index (χ1v) is 9.20. The summed E-state index contributed by atoms with van der Waals surface area (Å²) in [5.41, 5.74) is 1.07. The molecule has 0 saturated heterocycles. The molecule has 0 radical (unpaired) electrons. The van der Waals surface area contributed by atoms with E-state index >= 15 is 0 Å². The predicted octanol–water partition coefficient (Wildman–Crippen LogP) is 3.13. The molecule has 0 fully saturated rings. The first-order chi connectivity index (χ1) is 13.5. The Hall–Kier alpha value is -3.02. The second-order valence-electron chi connectivity index (χ2n) is 6.47. The van der Waals surface area contributed by atoms with E-state index in [2.05, 4.69) is 0 Å². The fourth-order valence-electron chi connectivity index (χ4n) is 2.43. The van der Waals surface area contributed by atoms with Crippen LogP contribution in [0.25, 0.3) is 0 Å². The van der Waals surface area contributed by atoms with Crippen molar-refractivity contribution >= 4 is 11.7 Å². The summed E-state index contributed by atoms with van der Waals surface area (Å²) in [5.74, 6) is 2.16. The van der Waals surface area contributed by atoms with Crippen molar-refractivity contribution in [3.8, 4) is 17.2 Å². The maximum Gasteiger partial charge on any atom is 0.260 e. The van der Waals surface area contributed by atoms with Crippen LogP contribution in [-0.2, 0) is 16.0 Å². The summed E-state index contributed by atoms with van der Waals surface area (Å²) in [6.07, 6.45) is 1.24. The van der Waals surface area contributed by atoms with Gasteiger partial charge in [0.05, 0.1) is 13.7 Å². The Labute approximate surface area is 166 Å². The lowest BCUT2D eigenvalue weighted by atomic mass is 10.1. The zero-order valence-corrected chi connectivity index (χ0v) is 16.6. The fraction of sp³-hybridized carbons (Fsp3) is 0.364. The molecule has 2 aromatic carbocycles. The van der Waals surface area contributed by atoms with Crippen molar-refractivity contribution in [3.05, 3.63) is 54.1 Å². The van der Waals surface area contributed by atoms with Gasteiger partial charge in [-0.25, -0.2) is 0 Å². The van der Waals surface area contributed by atoms with E-state index in [4.69, 9.17) is 14.2 Å². The first kappa shape index (κ1) is 21.3. The highest BCUT2D eigenvalue weighted by atomic mass is 16.5. The molecular formula is C22H27NO5. The van der Waals surface area contributed by atoms with Gasteiger partial charge in [0.2, 0.25) is 0 Å². The molecule has 0 spiro atoms. The summed E-state index contributed by atoms with van der Waals surface area (Å²) >= 11 is 0. The molecule has 28 heavy (non-hydrogen) atoms. The Morgan fingerprint density at radius 2 is 1.46 bits per heavy atom. The molecule has 0 bridgehead atoms. The van der Waals surface area contributed by atoms with Gasteiger partial charge >= 0.3 is 0 Å². The van der Waals surface area contributed by atoms with E-state index in [0.29, 0.717) is 31.7 Å². The minimum Gasteiger partial charge on any atom is -0.497 e. The maximum absolute atomic E-state index is 12.2. The molecule has 6 nitrogen and oxygen atoms in total. The third-order valence-corrected chi connectivity index (χ3v) is 4.23. The summed E-state index contributed by atoms with van der Waals surface area (Å²) in [7, 11) is 3.33. The number of nitrogens with zero attached hydrogens (tertiary/aromatic N) is 1. The standard InChI is InChI=1S/C22H27NO5/c1-17(24)4-5-18-6-8-21(9-7-18)28-16-22(25)23(2)14-15-27-20-12-10-19(26-3)11-13-20/h6-13H,4-5,14-16H2,1-3H3. The zero-order chi connectivity index (χ0) is 20.4. The summed E-state index contributed by atoms with van der Waals surface area (Å²) in [6, 6.07) is 14.7. The molecule has 0 N–H and O–H groups in total. The van der Waals surface area contributed by atoms with Crippen LogP contribution in [0.4, 0.5) is 0 Å². The highest BCUT2D eigenvalue weighted by molar-refractivity contribution is 5.77. The molecular weight excluding hydrogens is 358 g/mol. The van der Waals surface area contributed by atoms with Crippen molar-refractivity contribution in [2.24, 2.45) is 0 Å². The number of Topliss-reactive ketones (excluding diaryl/α,β-unsaturated/α-hetero) is 1. The zero-order valence-electron chi connectivity index (χ0n) is 16.6. The van der Waals surface area contributed by atoms with Gasteiger partial charge in [-0.1, -0.05) is 12.1 Å². The lowest BCUT2D eigenvalue weighted by Gasteiger charge is -2.18. The van der Waals surface area contributed by atoms with Gasteiger partial charge in [-0.15, -0.1) is 0 Å². The third-order valence-electron chi connectivity index (χ3n) is 4.23. The summed E-state index contributed by atoms with van der Waals surface area (Å²) in [4.78, 5) is 24.8. The van der Waals surface area contributed by atoms with Crippen LogP contribution >= 0.6 is 0 Å². The minimum absolute atomic E-state index is 0.0359. The van der Waals surface area contributed by atoms with Gasteiger partial charge in [-0.2, -0.15) is 0 Å². The smallest absolute Gasteiger partial charge is 0.260 e. The normalized spacial score (nSPS) is 10.2. The van der Waals surface area contributed by atoms with Crippen LogP contribution in [0.15, 0.2) is 48.5 Å². The fourth-order valence-corrected chi connectivity index (χ4v) is 2.43. The lowest BCUT2D eigenvalue weighted by Crippen LogP contribution is -2.34. The highest BCUT2D eigenvalue weighted by Gasteiger charge is 2.10. The van der Waals surface area contributed by atoms with Crippen molar-refractivity contribution in [2.45, 2.75) is 19.8 Å². The average Bonchev–Trinajstić information content (AvgIpc) is 2.71. The number of ether oxygens (including phenoxy) is 3. The van der Waals surface area contributed by atoms with E-state index in [9.17, 15) is 9.59 Å². The average molecular weight is 385 g/mol. The van der Waals surface area contributed by atoms with Gasteiger partial charge in [-0.05, 0) is 55.3 Å². The van der Waals surface area contributed by atoms with Gasteiger partial charge < -0.3 is 23.9 Å². The Kier molecular flexibility index (Phi) is 8.34. The molecule has 0 saturated carbocycles. The topological polar surface area (TPSA) is 65.1 Å². The molecule has 2 rings (SSSR count). The molecule has 0 atom stereocenters. The number of rotatable bonds is 11. The molecule has 150 valence electrons. The number of benzene rings is 2. The molecule has 1 amide bonds. The van der Waals surface area contributed by atoms with Crippen LogP contribution in [0.2, 0.25) is 0 Å². The Bertz CT molecular complexity index is 756. The second-order valence-corrected chi connectivity index (χ2v) is 6.47. The number of ketones is 1. The van der Waals surface area contributed by atoms with Crippen LogP contribution < -0.4 is 14.2 Å². The van der Waals surface area contributed by atoms with Crippen LogP contribution in [0.1, 0.15) is 18.9 Å². The van der Waals surface area contributed by atoms with E-state index in [1.54, 1.807) is 26.0 Å². The molecule has 6 heteroatoms. The van der Waals surface area contributed by atoms with Gasteiger partial charge in [-0.3, -0.25) is 4.79 Å². The van der Waals surface area contributed by atoms with Gasteiger partial charge in [0.15, 0.2) is 6.61 Å². The number of aryl methyl sites for hydroxylation is 1. The minimum atomic E-state index is -0.126. The molecule has 0 unspecified atom stereocenters. The maximum atomic E-state index is 12.2. The number of hydrogen-bond donors (Lipinski definition) is 0. The Morgan fingerprint density at radius 3 is 2.07 bits per heavy atom. The van der Waals surface area contributed by atoms with Crippen molar-refractivity contribution in [3.63, 3.8) is 0 Å². The molecule has 0 heterocycles. The van der Waals surface area contributed by atoms with Crippen molar-refractivity contribution in [1.82, 2.24) is 4.90 Å². The highest BCUT2D eigenvalue weighted by Crippen LogP contribution is 2.17. The van der Waals surface area contributed by atoms with Crippen LogP contribution in [0.5, 0.6) is 17.2 Å². The van der Waals surface area contributed by atoms with Gasteiger partial charge in [0.1, 0.15) is 29.6 Å². The number of carbonyl (C=O) groups excluding carboxylic acids is 2. The molecule has 0 aromatic heterocycles. The van der Waals surface area contributed by atoms with Gasteiger partial charge in [0.25, 0.3) is 5.91 Å². The summed E-state index contributed by atoms with van der Waals surface area (Å²) < 4.78 is 16.3. The number of amides is 1. The van der Waals surface area contributed by atoms with E-state index in [1.807, 2.05) is 48.5 Å². The number of methoxy groups -OCH3 is 1. The van der Waals surface area contributed by atoms with Crippen molar-refractivity contribution < 1.29 is 23.8 Å².